The Morgan fingerprint density at radius 3 is 2.50 bits per heavy atom. The molecule has 0 amide bonds. The molecule has 0 aliphatic rings. The number of aromatic nitrogens is 1. The van der Waals surface area contributed by atoms with Crippen molar-refractivity contribution in [3.63, 3.8) is 0 Å². The van der Waals surface area contributed by atoms with E-state index in [2.05, 4.69) is 4.98 Å². The topological polar surface area (TPSA) is 82.7 Å². The van der Waals surface area contributed by atoms with Gasteiger partial charge in [-0.05, 0) is 29.3 Å². The first-order valence-corrected chi connectivity index (χ1v) is 4.69. The van der Waals surface area contributed by atoms with Gasteiger partial charge >= 0.3 is 0 Å². The highest BCUT2D eigenvalue weighted by Gasteiger charge is 2.02. The van der Waals surface area contributed by atoms with Gasteiger partial charge < -0.3 is 10.7 Å². The molecule has 0 atom stereocenters. The summed E-state index contributed by atoms with van der Waals surface area (Å²) in [6, 6.07) is 10.6. The van der Waals surface area contributed by atoms with Gasteiger partial charge in [0.2, 0.25) is 0 Å². The largest absolute Gasteiger partial charge is 0.399 e. The number of H-pyrrole nitrogens is 1. The molecule has 0 saturated carbocycles. The second-order valence-electron chi connectivity index (χ2n) is 3.36. The Balaban J connectivity index is 2.53. The number of nitriles is 1. The van der Waals surface area contributed by atoms with E-state index in [0.29, 0.717) is 5.69 Å². The molecule has 1 aromatic heterocycles. The smallest absolute Gasteiger partial charge is 0.265 e. The molecule has 0 fully saturated rings. The molecular formula is C12H9N3O. The molecule has 0 unspecified atom stereocenters. The van der Waals surface area contributed by atoms with Gasteiger partial charge in [0.15, 0.2) is 0 Å². The lowest BCUT2D eigenvalue weighted by atomic mass is 10.1. The van der Waals surface area contributed by atoms with E-state index in [1.54, 1.807) is 24.4 Å². The van der Waals surface area contributed by atoms with Crippen molar-refractivity contribution >= 4 is 5.69 Å². The number of nitrogens with zero attached hydrogens (tertiary/aromatic N) is 1. The Morgan fingerprint density at radius 1 is 1.19 bits per heavy atom. The maximum atomic E-state index is 11.2. The number of rotatable bonds is 1. The standard InChI is InChI=1S/C12H9N3O/c13-6-9-5-10(7-15-12(9)16)8-1-3-11(14)4-2-8/h1-5,7H,14H2,(H,15,16). The number of anilines is 1. The van der Waals surface area contributed by atoms with Crippen molar-refractivity contribution in [3.05, 3.63) is 52.4 Å². The SMILES string of the molecule is N#Cc1cc(-c2ccc(N)cc2)c[nH]c1=O. The Bertz CT molecular complexity index is 605. The summed E-state index contributed by atoms with van der Waals surface area (Å²) in [7, 11) is 0. The van der Waals surface area contributed by atoms with Crippen LogP contribution in [0.5, 0.6) is 0 Å². The molecule has 4 nitrogen and oxygen atoms in total. The summed E-state index contributed by atoms with van der Waals surface area (Å²) in [5.74, 6) is 0. The fourth-order valence-electron chi connectivity index (χ4n) is 1.41. The van der Waals surface area contributed by atoms with Gasteiger partial charge in [-0.15, -0.1) is 0 Å². The molecule has 0 spiro atoms. The number of aromatic amines is 1. The molecule has 3 N–H and O–H groups in total. The third-order valence-corrected chi connectivity index (χ3v) is 2.27. The highest BCUT2D eigenvalue weighted by molar-refractivity contribution is 5.65. The van der Waals surface area contributed by atoms with Crippen LogP contribution in [0.15, 0.2) is 41.3 Å². The van der Waals surface area contributed by atoms with Crippen LogP contribution in [0.1, 0.15) is 5.56 Å². The van der Waals surface area contributed by atoms with Gasteiger partial charge in [-0.1, -0.05) is 12.1 Å². The lowest BCUT2D eigenvalue weighted by Crippen LogP contribution is -2.08. The zero-order chi connectivity index (χ0) is 11.5. The van der Waals surface area contributed by atoms with Gasteiger partial charge in [0.1, 0.15) is 11.6 Å². The third-order valence-electron chi connectivity index (χ3n) is 2.27. The van der Waals surface area contributed by atoms with E-state index in [9.17, 15) is 4.79 Å². The lowest BCUT2D eigenvalue weighted by Gasteiger charge is -2.01. The molecule has 0 bridgehead atoms. The van der Waals surface area contributed by atoms with Gasteiger partial charge in [-0.3, -0.25) is 4.79 Å². The molecule has 78 valence electrons. The van der Waals surface area contributed by atoms with Crippen molar-refractivity contribution in [1.82, 2.24) is 4.98 Å². The highest BCUT2D eigenvalue weighted by atomic mass is 16.1. The second-order valence-corrected chi connectivity index (χ2v) is 3.36. The summed E-state index contributed by atoms with van der Waals surface area (Å²) in [4.78, 5) is 13.7. The van der Waals surface area contributed by atoms with E-state index in [1.165, 1.54) is 0 Å². The third kappa shape index (κ3) is 1.79. The van der Waals surface area contributed by atoms with Crippen LogP contribution in [0.2, 0.25) is 0 Å². The number of hydrogen-bond acceptors (Lipinski definition) is 3. The first kappa shape index (κ1) is 9.99. The van der Waals surface area contributed by atoms with Crippen LogP contribution in [0.4, 0.5) is 5.69 Å². The molecular weight excluding hydrogens is 202 g/mol. The number of pyridine rings is 1. The van der Waals surface area contributed by atoms with Gasteiger partial charge in [0, 0.05) is 11.9 Å². The molecule has 2 aromatic rings. The number of benzene rings is 1. The van der Waals surface area contributed by atoms with Gasteiger partial charge in [-0.2, -0.15) is 5.26 Å². The maximum Gasteiger partial charge on any atom is 0.265 e. The van der Waals surface area contributed by atoms with Crippen LogP contribution in [-0.4, -0.2) is 4.98 Å². The zero-order valence-corrected chi connectivity index (χ0v) is 8.40. The predicted octanol–water partition coefficient (Wildman–Crippen LogP) is 1.50. The average Bonchev–Trinajstić information content (AvgIpc) is 2.31. The summed E-state index contributed by atoms with van der Waals surface area (Å²) >= 11 is 0. The lowest BCUT2D eigenvalue weighted by molar-refractivity contribution is 1.22. The van der Waals surface area contributed by atoms with Crippen LogP contribution in [-0.2, 0) is 0 Å². The first-order chi connectivity index (χ1) is 7.70. The highest BCUT2D eigenvalue weighted by Crippen LogP contribution is 2.19. The molecule has 0 radical (unpaired) electrons. The molecule has 4 heteroatoms. The van der Waals surface area contributed by atoms with E-state index in [1.807, 2.05) is 18.2 Å². The summed E-state index contributed by atoms with van der Waals surface area (Å²) < 4.78 is 0. The summed E-state index contributed by atoms with van der Waals surface area (Å²) in [6.45, 7) is 0. The van der Waals surface area contributed by atoms with E-state index in [-0.39, 0.29) is 11.1 Å². The fourth-order valence-corrected chi connectivity index (χ4v) is 1.41. The van der Waals surface area contributed by atoms with Crippen molar-refractivity contribution < 1.29 is 0 Å². The van der Waals surface area contributed by atoms with Crippen molar-refractivity contribution in [1.29, 1.82) is 5.26 Å². The average molecular weight is 211 g/mol. The zero-order valence-electron chi connectivity index (χ0n) is 8.40. The van der Waals surface area contributed by atoms with Crippen LogP contribution >= 0.6 is 0 Å². The van der Waals surface area contributed by atoms with Crippen LogP contribution < -0.4 is 11.3 Å². The molecule has 0 aliphatic heterocycles. The van der Waals surface area contributed by atoms with Crippen LogP contribution in [0, 0.1) is 11.3 Å². The first-order valence-electron chi connectivity index (χ1n) is 4.69. The van der Waals surface area contributed by atoms with Crippen molar-refractivity contribution in [2.45, 2.75) is 0 Å². The second kappa shape index (κ2) is 3.91. The van der Waals surface area contributed by atoms with E-state index < -0.39 is 0 Å². The molecule has 16 heavy (non-hydrogen) atoms. The Hall–Kier alpha value is -2.54. The van der Waals surface area contributed by atoms with Crippen molar-refractivity contribution in [2.75, 3.05) is 5.73 Å². The quantitative estimate of drug-likeness (QED) is 0.701. The van der Waals surface area contributed by atoms with Gasteiger partial charge in [0.25, 0.3) is 5.56 Å². The monoisotopic (exact) mass is 211 g/mol. The van der Waals surface area contributed by atoms with Crippen LogP contribution in [0.25, 0.3) is 11.1 Å². The number of nitrogens with two attached hydrogens (primary N) is 1. The Kier molecular flexibility index (Phi) is 2.44. The number of nitrogens with one attached hydrogen (secondary N) is 1. The minimum absolute atomic E-state index is 0.106. The summed E-state index contributed by atoms with van der Waals surface area (Å²) in [5.41, 5.74) is 7.67. The van der Waals surface area contributed by atoms with Gasteiger partial charge in [0.05, 0.1) is 0 Å². The normalized spacial score (nSPS) is 9.69. The van der Waals surface area contributed by atoms with Crippen molar-refractivity contribution in [3.8, 4) is 17.2 Å². The Labute approximate surface area is 92.0 Å². The van der Waals surface area contributed by atoms with Gasteiger partial charge in [-0.25, -0.2) is 0 Å². The predicted molar refractivity (Wildman–Crippen MR) is 61.6 cm³/mol. The fraction of sp³-hybridized carbons (Fsp3) is 0. The molecule has 1 aromatic carbocycles. The molecule has 1 heterocycles. The summed E-state index contributed by atoms with van der Waals surface area (Å²) in [5, 5.41) is 8.74. The molecule has 2 rings (SSSR count). The van der Waals surface area contributed by atoms with E-state index in [4.69, 9.17) is 11.0 Å². The Morgan fingerprint density at radius 2 is 1.88 bits per heavy atom. The number of nitrogen functional groups attached to an aromatic ring is 1. The minimum Gasteiger partial charge on any atom is -0.399 e. The molecule has 0 aliphatic carbocycles. The van der Waals surface area contributed by atoms with Crippen LogP contribution in [0.3, 0.4) is 0 Å². The maximum absolute atomic E-state index is 11.2. The number of hydrogen-bond donors (Lipinski definition) is 2. The van der Waals surface area contributed by atoms with E-state index in [0.717, 1.165) is 11.1 Å². The minimum atomic E-state index is -0.373. The molecule has 0 saturated heterocycles. The summed E-state index contributed by atoms with van der Waals surface area (Å²) in [6.07, 6.45) is 1.58. The van der Waals surface area contributed by atoms with Crippen molar-refractivity contribution in [2.24, 2.45) is 0 Å². The van der Waals surface area contributed by atoms with E-state index >= 15 is 0 Å².